The van der Waals surface area contributed by atoms with E-state index in [0.717, 1.165) is 31.2 Å². The van der Waals surface area contributed by atoms with Crippen LogP contribution in [0.15, 0.2) is 83.8 Å². The Balaban J connectivity index is 1.36. The minimum atomic E-state index is -4.02. The maximum Gasteiger partial charge on any atom is 0.324 e. The molecule has 1 saturated carbocycles. The summed E-state index contributed by atoms with van der Waals surface area (Å²) in [5.74, 6) is 0.0742. The minimum Gasteiger partial charge on any atom is -0.489 e. The van der Waals surface area contributed by atoms with E-state index in [0.29, 0.717) is 25.2 Å². The smallest absolute Gasteiger partial charge is 0.324 e. The van der Waals surface area contributed by atoms with Gasteiger partial charge in [0.25, 0.3) is 8.32 Å². The van der Waals surface area contributed by atoms with Gasteiger partial charge >= 0.3 is 5.97 Å². The minimum absolute atomic E-state index is 0.109. The fourth-order valence-corrected chi connectivity index (χ4v) is 13.8. The van der Waals surface area contributed by atoms with Crippen molar-refractivity contribution in [2.75, 3.05) is 13.2 Å². The molecule has 5 rings (SSSR count). The molecular formula is C39H53NO6SSi. The molecule has 1 saturated heterocycles. The summed E-state index contributed by atoms with van der Waals surface area (Å²) in [4.78, 5) is 13.2. The summed E-state index contributed by atoms with van der Waals surface area (Å²) >= 11 is 0. The first-order chi connectivity index (χ1) is 22.6. The van der Waals surface area contributed by atoms with E-state index in [1.165, 1.54) is 14.7 Å². The number of esters is 1. The average Bonchev–Trinajstić information content (AvgIpc) is 3.69. The first-order valence-corrected chi connectivity index (χ1v) is 20.8. The molecule has 9 heteroatoms. The molecule has 2 fully saturated rings. The Morgan fingerprint density at radius 3 is 2.06 bits per heavy atom. The van der Waals surface area contributed by atoms with Crippen LogP contribution in [0.1, 0.15) is 85.6 Å². The highest BCUT2D eigenvalue weighted by atomic mass is 32.2. The molecule has 0 radical (unpaired) electrons. The molecule has 1 aliphatic carbocycles. The van der Waals surface area contributed by atoms with E-state index in [1.54, 1.807) is 32.9 Å². The number of hydrogen-bond acceptors (Lipinski definition) is 6. The van der Waals surface area contributed by atoms with Crippen LogP contribution in [0.2, 0.25) is 5.04 Å². The number of rotatable bonds is 11. The zero-order valence-corrected chi connectivity index (χ0v) is 31.5. The van der Waals surface area contributed by atoms with Crippen LogP contribution < -0.4 is 15.1 Å². The Morgan fingerprint density at radius 1 is 0.854 bits per heavy atom. The van der Waals surface area contributed by atoms with Gasteiger partial charge in [0.1, 0.15) is 28.4 Å². The van der Waals surface area contributed by atoms with E-state index in [1.807, 2.05) is 13.0 Å². The Kier molecular flexibility index (Phi) is 10.9. The summed E-state index contributed by atoms with van der Waals surface area (Å²) in [5.41, 5.74) is 0.213. The summed E-state index contributed by atoms with van der Waals surface area (Å²) in [7, 11) is -6.69. The largest absolute Gasteiger partial charge is 0.489 e. The normalized spacial score (nSPS) is 20.9. The maximum absolute atomic E-state index is 14.2. The molecular weight excluding hydrogens is 639 g/mol. The van der Waals surface area contributed by atoms with Crippen molar-refractivity contribution in [2.24, 2.45) is 5.92 Å². The highest BCUT2D eigenvalue weighted by molar-refractivity contribution is 7.89. The summed E-state index contributed by atoms with van der Waals surface area (Å²) in [6.45, 7) is 15.0. The molecule has 3 atom stereocenters. The average molecular weight is 692 g/mol. The van der Waals surface area contributed by atoms with Gasteiger partial charge in [-0.25, -0.2) is 8.42 Å². The Morgan fingerprint density at radius 2 is 1.48 bits per heavy atom. The molecule has 2 aliphatic rings. The molecule has 7 nitrogen and oxygen atoms in total. The lowest BCUT2D eigenvalue weighted by Gasteiger charge is -2.43. The predicted molar refractivity (Wildman–Crippen MR) is 194 cm³/mol. The number of sulfonamides is 1. The molecule has 0 aromatic heterocycles. The molecule has 3 aromatic carbocycles. The van der Waals surface area contributed by atoms with Crippen molar-refractivity contribution in [2.45, 2.75) is 115 Å². The third-order valence-corrected chi connectivity index (χ3v) is 16.6. The van der Waals surface area contributed by atoms with Crippen molar-refractivity contribution in [3.63, 3.8) is 0 Å². The van der Waals surface area contributed by atoms with Crippen molar-refractivity contribution in [3.05, 3.63) is 84.4 Å². The van der Waals surface area contributed by atoms with E-state index < -0.39 is 36.0 Å². The molecule has 0 bridgehead atoms. The number of nitrogens with zero attached hydrogens (tertiary/aromatic N) is 1. The molecule has 3 aromatic rings. The van der Waals surface area contributed by atoms with Gasteiger partial charge in [-0.3, -0.25) is 4.79 Å². The monoisotopic (exact) mass is 691 g/mol. The number of aryl methyl sites for hydroxylation is 1. The topological polar surface area (TPSA) is 82.1 Å². The van der Waals surface area contributed by atoms with Crippen LogP contribution in [0.4, 0.5) is 0 Å². The quantitative estimate of drug-likeness (QED) is 0.159. The van der Waals surface area contributed by atoms with Gasteiger partial charge in [-0.2, -0.15) is 4.31 Å². The third kappa shape index (κ3) is 7.75. The van der Waals surface area contributed by atoms with Gasteiger partial charge < -0.3 is 13.9 Å². The Bertz CT molecular complexity index is 1610. The van der Waals surface area contributed by atoms with Crippen molar-refractivity contribution in [3.8, 4) is 5.75 Å². The lowest BCUT2D eigenvalue weighted by molar-refractivity contribution is -0.158. The Labute approximate surface area is 289 Å². The zero-order valence-electron chi connectivity index (χ0n) is 29.7. The maximum atomic E-state index is 14.2. The second-order valence-corrected chi connectivity index (χ2v) is 21.6. The molecule has 0 amide bonds. The molecule has 260 valence electrons. The van der Waals surface area contributed by atoms with Crippen LogP contribution in [-0.2, 0) is 24.0 Å². The number of benzene rings is 3. The van der Waals surface area contributed by atoms with Crippen molar-refractivity contribution in [1.82, 2.24) is 4.31 Å². The van der Waals surface area contributed by atoms with Gasteiger partial charge in [0.05, 0.1) is 0 Å². The fourth-order valence-electron chi connectivity index (χ4n) is 7.46. The Hall–Kier alpha value is -2.98. The van der Waals surface area contributed by atoms with Crippen LogP contribution in [0.25, 0.3) is 0 Å². The fraction of sp³-hybridized carbons (Fsp3) is 0.513. The number of hydrogen-bond donors (Lipinski definition) is 0. The van der Waals surface area contributed by atoms with Gasteiger partial charge in [0.2, 0.25) is 10.0 Å². The van der Waals surface area contributed by atoms with E-state index in [2.05, 4.69) is 81.4 Å². The zero-order chi connectivity index (χ0) is 34.7. The van der Waals surface area contributed by atoms with Gasteiger partial charge in [-0.15, -0.1) is 0 Å². The summed E-state index contributed by atoms with van der Waals surface area (Å²) in [6, 6.07) is 25.7. The van der Waals surface area contributed by atoms with Crippen molar-refractivity contribution >= 4 is 34.7 Å². The van der Waals surface area contributed by atoms with Gasteiger partial charge in [0.15, 0.2) is 0 Å². The van der Waals surface area contributed by atoms with Crippen LogP contribution >= 0.6 is 0 Å². The second-order valence-electron chi connectivity index (χ2n) is 15.4. The summed E-state index contributed by atoms with van der Waals surface area (Å²) in [6.07, 6.45) is 4.57. The standard InChI is InChI=1S/C39H53NO6SSi/c1-29-23-24-36(47(42,43)40-26-15-21-33(40)37(41)46-38(2,3)4)35(28-29)45-34-22-14-16-30(34)25-27-44-48(39(5,6)7,31-17-10-8-11-18-31)32-19-12-9-13-20-32/h8-13,17-20,23-24,28,30,33-34H,14-16,21-22,25-27H2,1-7H3/t30-,33+,34-/m1/s1. The number of carbonyl (C=O) groups is 1. The van der Waals surface area contributed by atoms with Gasteiger partial charge in [0, 0.05) is 13.2 Å². The molecule has 1 aliphatic heterocycles. The highest BCUT2D eigenvalue weighted by Crippen LogP contribution is 2.40. The van der Waals surface area contributed by atoms with E-state index in [9.17, 15) is 13.2 Å². The molecule has 1 heterocycles. The highest BCUT2D eigenvalue weighted by Gasteiger charge is 2.50. The summed E-state index contributed by atoms with van der Waals surface area (Å²) < 4.78 is 49.1. The van der Waals surface area contributed by atoms with Crippen LogP contribution in [0.5, 0.6) is 5.75 Å². The third-order valence-electron chi connectivity index (χ3n) is 9.66. The van der Waals surface area contributed by atoms with E-state index in [4.69, 9.17) is 13.9 Å². The number of ether oxygens (including phenoxy) is 2. The molecule has 48 heavy (non-hydrogen) atoms. The predicted octanol–water partition coefficient (Wildman–Crippen LogP) is 7.00. The second kappa shape index (κ2) is 14.5. The van der Waals surface area contributed by atoms with Crippen molar-refractivity contribution < 1.29 is 27.1 Å². The molecule has 0 unspecified atom stereocenters. The van der Waals surface area contributed by atoms with E-state index >= 15 is 0 Å². The lowest BCUT2D eigenvalue weighted by atomic mass is 10.0. The van der Waals surface area contributed by atoms with Crippen LogP contribution in [0, 0.1) is 12.8 Å². The lowest BCUT2D eigenvalue weighted by Crippen LogP contribution is -2.66. The van der Waals surface area contributed by atoms with Gasteiger partial charge in [-0.05, 0) is 105 Å². The molecule has 0 N–H and O–H groups in total. The molecule has 0 spiro atoms. The van der Waals surface area contributed by atoms with Crippen LogP contribution in [-0.4, -0.2) is 57.9 Å². The first kappa shape index (κ1) is 36.3. The first-order valence-electron chi connectivity index (χ1n) is 17.4. The van der Waals surface area contributed by atoms with Gasteiger partial charge in [-0.1, -0.05) is 87.5 Å². The number of carbonyl (C=O) groups excluding carboxylic acids is 1. The van der Waals surface area contributed by atoms with Crippen LogP contribution in [0.3, 0.4) is 0 Å². The summed E-state index contributed by atoms with van der Waals surface area (Å²) in [5, 5.41) is 2.40. The SMILES string of the molecule is Cc1ccc(S(=O)(=O)N2CCC[C@H]2C(=O)OC(C)(C)C)c(O[C@@H]2CCC[C@@H]2CCO[Si](c2ccccc2)(c2ccccc2)C(C)(C)C)c1. The van der Waals surface area contributed by atoms with Crippen molar-refractivity contribution in [1.29, 1.82) is 0 Å². The van der Waals surface area contributed by atoms with E-state index in [-0.39, 0.29) is 28.5 Å².